The molecule has 0 bridgehead atoms. The number of nitrogens with one attached hydrogen (secondary N) is 1. The molecule has 0 aliphatic rings. The van der Waals surface area contributed by atoms with Crippen LogP contribution in [0.25, 0.3) is 0 Å². The fourth-order valence-corrected chi connectivity index (χ4v) is 2.31. The van der Waals surface area contributed by atoms with Gasteiger partial charge in [-0.3, -0.25) is 10.1 Å². The zero-order chi connectivity index (χ0) is 14.0. The number of carbonyl (C=O) groups excluding carboxylic acids is 1. The fourth-order valence-electron chi connectivity index (χ4n) is 1.58. The molecule has 0 aliphatic heterocycles. The minimum Gasteiger partial charge on any atom is -0.459 e. The Morgan fingerprint density at radius 2 is 2.00 bits per heavy atom. The van der Waals surface area contributed by atoms with Gasteiger partial charge in [-0.15, -0.1) is 11.3 Å². The number of carbonyl (C=O) groups is 1. The van der Waals surface area contributed by atoms with E-state index in [-0.39, 0.29) is 17.6 Å². The molecule has 1 aromatic heterocycles. The summed E-state index contributed by atoms with van der Waals surface area (Å²) in [6, 6.07) is -0.372. The van der Waals surface area contributed by atoms with E-state index in [9.17, 15) is 4.79 Å². The lowest BCUT2D eigenvalue weighted by atomic mass is 10.1. The van der Waals surface area contributed by atoms with Crippen LogP contribution in [0.3, 0.4) is 0 Å². The standard InChI is InChI=1S/C13H22N2O2S/c1-9(10(16)17-12(2,3)4)15-13(5,6)11-14-7-8-18-11/h7-9,15H,1-6H3. The monoisotopic (exact) mass is 270 g/mol. The highest BCUT2D eigenvalue weighted by molar-refractivity contribution is 7.09. The first-order chi connectivity index (χ1) is 8.12. The molecule has 1 rings (SSSR count). The molecule has 0 radical (unpaired) electrons. The SMILES string of the molecule is CC(NC(C)(C)c1nccs1)C(=O)OC(C)(C)C. The molecule has 1 atom stereocenters. The van der Waals surface area contributed by atoms with Crippen molar-refractivity contribution < 1.29 is 9.53 Å². The van der Waals surface area contributed by atoms with Gasteiger partial charge in [-0.05, 0) is 41.5 Å². The van der Waals surface area contributed by atoms with E-state index >= 15 is 0 Å². The summed E-state index contributed by atoms with van der Waals surface area (Å²) in [5.74, 6) is -0.243. The van der Waals surface area contributed by atoms with Crippen molar-refractivity contribution in [1.82, 2.24) is 10.3 Å². The van der Waals surface area contributed by atoms with Crippen molar-refractivity contribution in [3.8, 4) is 0 Å². The molecule has 0 aliphatic carbocycles. The van der Waals surface area contributed by atoms with Gasteiger partial charge in [0.25, 0.3) is 0 Å². The Bertz CT molecular complexity index is 394. The summed E-state index contributed by atoms with van der Waals surface area (Å²) in [7, 11) is 0. The first kappa shape index (κ1) is 15.1. The van der Waals surface area contributed by atoms with Crippen molar-refractivity contribution in [2.45, 2.75) is 58.7 Å². The summed E-state index contributed by atoms with van der Waals surface area (Å²) >= 11 is 1.57. The average Bonchev–Trinajstić information content (AvgIpc) is 2.66. The summed E-state index contributed by atoms with van der Waals surface area (Å²) in [4.78, 5) is 16.2. The highest BCUT2D eigenvalue weighted by Crippen LogP contribution is 2.23. The molecule has 0 saturated heterocycles. The minimum atomic E-state index is -0.460. The van der Waals surface area contributed by atoms with Crippen molar-refractivity contribution in [2.75, 3.05) is 0 Å². The summed E-state index contributed by atoms with van der Waals surface area (Å²) in [6.07, 6.45) is 1.77. The van der Waals surface area contributed by atoms with Crippen LogP contribution in [0.5, 0.6) is 0 Å². The van der Waals surface area contributed by atoms with E-state index in [2.05, 4.69) is 10.3 Å². The van der Waals surface area contributed by atoms with Crippen LogP contribution in [0.4, 0.5) is 0 Å². The van der Waals surface area contributed by atoms with Crippen molar-refractivity contribution in [1.29, 1.82) is 0 Å². The van der Waals surface area contributed by atoms with Gasteiger partial charge in [0, 0.05) is 11.6 Å². The van der Waals surface area contributed by atoms with E-state index < -0.39 is 5.60 Å². The van der Waals surface area contributed by atoms with Crippen molar-refractivity contribution >= 4 is 17.3 Å². The molecule has 5 heteroatoms. The highest BCUT2D eigenvalue weighted by atomic mass is 32.1. The molecule has 0 spiro atoms. The van der Waals surface area contributed by atoms with Gasteiger partial charge in [-0.25, -0.2) is 4.98 Å². The number of rotatable bonds is 4. The Balaban J connectivity index is 2.64. The molecule has 1 N–H and O–H groups in total. The van der Waals surface area contributed by atoms with Gasteiger partial charge in [0.05, 0.1) is 5.54 Å². The third-order valence-corrected chi connectivity index (χ3v) is 3.40. The van der Waals surface area contributed by atoms with Gasteiger partial charge in [-0.2, -0.15) is 0 Å². The quantitative estimate of drug-likeness (QED) is 0.855. The zero-order valence-electron chi connectivity index (χ0n) is 11.9. The predicted octanol–water partition coefficient (Wildman–Crippen LogP) is 2.70. The predicted molar refractivity (Wildman–Crippen MR) is 73.6 cm³/mol. The Morgan fingerprint density at radius 1 is 1.39 bits per heavy atom. The maximum Gasteiger partial charge on any atom is 0.323 e. The second kappa shape index (κ2) is 5.36. The van der Waals surface area contributed by atoms with E-state index in [1.807, 2.05) is 46.9 Å². The number of hydrogen-bond acceptors (Lipinski definition) is 5. The Morgan fingerprint density at radius 3 is 2.44 bits per heavy atom. The van der Waals surface area contributed by atoms with Crippen LogP contribution in [0.1, 0.15) is 46.6 Å². The van der Waals surface area contributed by atoms with Gasteiger partial charge in [0.15, 0.2) is 0 Å². The summed E-state index contributed by atoms with van der Waals surface area (Å²) in [5.41, 5.74) is -0.803. The van der Waals surface area contributed by atoms with Gasteiger partial charge in [0.1, 0.15) is 16.7 Å². The maximum atomic E-state index is 11.9. The number of aromatic nitrogens is 1. The number of ether oxygens (including phenoxy) is 1. The van der Waals surface area contributed by atoms with Crippen molar-refractivity contribution in [3.63, 3.8) is 0 Å². The average molecular weight is 270 g/mol. The normalized spacial score (nSPS) is 14.3. The molecule has 1 heterocycles. The van der Waals surface area contributed by atoms with E-state index in [1.165, 1.54) is 0 Å². The van der Waals surface area contributed by atoms with Gasteiger partial charge < -0.3 is 4.74 Å². The first-order valence-corrected chi connectivity index (χ1v) is 6.90. The third-order valence-electron chi connectivity index (χ3n) is 2.30. The lowest BCUT2D eigenvalue weighted by Crippen LogP contribution is -2.48. The van der Waals surface area contributed by atoms with Crippen LogP contribution in [0.15, 0.2) is 11.6 Å². The summed E-state index contributed by atoms with van der Waals surface area (Å²) < 4.78 is 5.34. The maximum absolute atomic E-state index is 11.9. The lowest BCUT2D eigenvalue weighted by Gasteiger charge is -2.29. The number of hydrogen-bond donors (Lipinski definition) is 1. The molecule has 1 unspecified atom stereocenters. The summed E-state index contributed by atoms with van der Waals surface area (Å²) in [6.45, 7) is 11.4. The molecule has 4 nitrogen and oxygen atoms in total. The Labute approximate surface area is 113 Å². The van der Waals surface area contributed by atoms with E-state index in [0.29, 0.717) is 0 Å². The molecule has 0 saturated carbocycles. The zero-order valence-corrected chi connectivity index (χ0v) is 12.7. The third kappa shape index (κ3) is 4.38. The molecule has 1 aromatic rings. The topological polar surface area (TPSA) is 51.2 Å². The molecule has 0 aromatic carbocycles. The van der Waals surface area contributed by atoms with Crippen LogP contribution < -0.4 is 5.32 Å². The minimum absolute atomic E-state index is 0.243. The van der Waals surface area contributed by atoms with Crippen LogP contribution in [0, 0.1) is 0 Å². The number of esters is 1. The Hall–Kier alpha value is -0.940. The smallest absolute Gasteiger partial charge is 0.323 e. The van der Waals surface area contributed by atoms with Crippen LogP contribution in [0.2, 0.25) is 0 Å². The van der Waals surface area contributed by atoms with Crippen molar-refractivity contribution in [2.24, 2.45) is 0 Å². The second-order valence-electron chi connectivity index (χ2n) is 5.86. The van der Waals surface area contributed by atoms with E-state index in [4.69, 9.17) is 4.74 Å². The van der Waals surface area contributed by atoms with Gasteiger partial charge >= 0.3 is 5.97 Å². The van der Waals surface area contributed by atoms with Gasteiger partial charge in [0.2, 0.25) is 0 Å². The fraction of sp³-hybridized carbons (Fsp3) is 0.692. The largest absolute Gasteiger partial charge is 0.459 e. The Kier molecular flexibility index (Phi) is 4.50. The van der Waals surface area contributed by atoms with Crippen molar-refractivity contribution in [3.05, 3.63) is 16.6 Å². The van der Waals surface area contributed by atoms with E-state index in [0.717, 1.165) is 5.01 Å². The highest BCUT2D eigenvalue weighted by Gasteiger charge is 2.29. The molecule has 18 heavy (non-hydrogen) atoms. The molecular weight excluding hydrogens is 248 g/mol. The van der Waals surface area contributed by atoms with Gasteiger partial charge in [-0.1, -0.05) is 0 Å². The molecule has 0 amide bonds. The molecule has 102 valence electrons. The van der Waals surface area contributed by atoms with E-state index in [1.54, 1.807) is 17.5 Å². The van der Waals surface area contributed by atoms with Crippen LogP contribution in [-0.2, 0) is 15.1 Å². The summed E-state index contributed by atoms with van der Waals surface area (Å²) in [5, 5.41) is 6.14. The molecular formula is C13H22N2O2S. The molecule has 0 fully saturated rings. The number of nitrogens with zero attached hydrogens (tertiary/aromatic N) is 1. The lowest BCUT2D eigenvalue weighted by molar-refractivity contribution is -0.157. The second-order valence-corrected chi connectivity index (χ2v) is 6.76. The van der Waals surface area contributed by atoms with Crippen LogP contribution >= 0.6 is 11.3 Å². The first-order valence-electron chi connectivity index (χ1n) is 6.02. The van der Waals surface area contributed by atoms with Crippen LogP contribution in [-0.4, -0.2) is 22.6 Å². The number of thiazole rings is 1.